The third-order valence-corrected chi connectivity index (χ3v) is 3.94. The van der Waals surface area contributed by atoms with Crippen molar-refractivity contribution in [2.75, 3.05) is 26.2 Å². The standard InChI is InChI=1S/C21H21NO3/c1-23-19-14-18(15-20(24-2)21(19)25-3)22(16-10-6-4-7-11-16)17-12-8-5-9-13-17/h4-15H,1-3H3. The molecule has 0 unspecified atom stereocenters. The van der Waals surface area contributed by atoms with Crippen molar-refractivity contribution in [3.8, 4) is 17.2 Å². The summed E-state index contributed by atoms with van der Waals surface area (Å²) in [4.78, 5) is 2.14. The molecule has 3 rings (SSSR count). The van der Waals surface area contributed by atoms with Crippen LogP contribution in [0, 0.1) is 0 Å². The van der Waals surface area contributed by atoms with Crippen molar-refractivity contribution in [1.82, 2.24) is 0 Å². The van der Waals surface area contributed by atoms with Gasteiger partial charge < -0.3 is 19.1 Å². The molecule has 0 saturated carbocycles. The van der Waals surface area contributed by atoms with E-state index in [1.54, 1.807) is 21.3 Å². The summed E-state index contributed by atoms with van der Waals surface area (Å²) in [5, 5.41) is 0. The second-order valence-electron chi connectivity index (χ2n) is 5.39. The Balaban J connectivity index is 2.20. The highest BCUT2D eigenvalue weighted by Gasteiger charge is 2.18. The summed E-state index contributed by atoms with van der Waals surface area (Å²) in [6.07, 6.45) is 0. The maximum Gasteiger partial charge on any atom is 0.203 e. The molecule has 0 atom stereocenters. The number of anilines is 3. The molecule has 128 valence electrons. The molecular weight excluding hydrogens is 314 g/mol. The molecule has 4 heteroatoms. The third-order valence-electron chi connectivity index (χ3n) is 3.94. The highest BCUT2D eigenvalue weighted by atomic mass is 16.5. The van der Waals surface area contributed by atoms with Gasteiger partial charge in [0.2, 0.25) is 5.75 Å². The Labute approximate surface area is 148 Å². The molecule has 4 nitrogen and oxygen atoms in total. The van der Waals surface area contributed by atoms with Crippen LogP contribution in [0.1, 0.15) is 0 Å². The Morgan fingerprint density at radius 1 is 0.560 bits per heavy atom. The summed E-state index contributed by atoms with van der Waals surface area (Å²) in [6, 6.07) is 24.2. The van der Waals surface area contributed by atoms with Gasteiger partial charge in [-0.15, -0.1) is 0 Å². The normalized spacial score (nSPS) is 10.2. The second kappa shape index (κ2) is 7.62. The zero-order valence-electron chi connectivity index (χ0n) is 14.6. The van der Waals surface area contributed by atoms with Crippen molar-refractivity contribution in [2.24, 2.45) is 0 Å². The van der Waals surface area contributed by atoms with Crippen molar-refractivity contribution in [1.29, 1.82) is 0 Å². The number of nitrogens with zero attached hydrogens (tertiary/aromatic N) is 1. The predicted molar refractivity (Wildman–Crippen MR) is 101 cm³/mol. The van der Waals surface area contributed by atoms with Gasteiger partial charge in [0.05, 0.1) is 27.0 Å². The van der Waals surface area contributed by atoms with Gasteiger partial charge in [0.15, 0.2) is 11.5 Å². The molecule has 0 aliphatic rings. The van der Waals surface area contributed by atoms with E-state index in [-0.39, 0.29) is 0 Å². The van der Waals surface area contributed by atoms with Crippen LogP contribution in [0.2, 0.25) is 0 Å². The van der Waals surface area contributed by atoms with E-state index < -0.39 is 0 Å². The number of ether oxygens (including phenoxy) is 3. The summed E-state index contributed by atoms with van der Waals surface area (Å²) in [5.41, 5.74) is 3.01. The molecule has 0 aliphatic heterocycles. The molecule has 0 heterocycles. The Hall–Kier alpha value is -3.14. The molecular formula is C21H21NO3. The maximum atomic E-state index is 5.51. The lowest BCUT2D eigenvalue weighted by Crippen LogP contribution is -2.10. The number of hydrogen-bond acceptors (Lipinski definition) is 4. The Morgan fingerprint density at radius 2 is 1.00 bits per heavy atom. The first-order chi connectivity index (χ1) is 12.3. The highest BCUT2D eigenvalue weighted by Crippen LogP contribution is 2.44. The van der Waals surface area contributed by atoms with E-state index in [9.17, 15) is 0 Å². The number of rotatable bonds is 6. The average Bonchev–Trinajstić information content (AvgIpc) is 2.69. The highest BCUT2D eigenvalue weighted by molar-refractivity contribution is 5.79. The lowest BCUT2D eigenvalue weighted by molar-refractivity contribution is 0.324. The van der Waals surface area contributed by atoms with Gasteiger partial charge in [0.25, 0.3) is 0 Å². The first-order valence-electron chi connectivity index (χ1n) is 7.98. The molecule has 0 aliphatic carbocycles. The van der Waals surface area contributed by atoms with Crippen LogP contribution in [0.25, 0.3) is 0 Å². The summed E-state index contributed by atoms with van der Waals surface area (Å²) in [7, 11) is 4.85. The number of para-hydroxylation sites is 2. The minimum atomic E-state index is 0.579. The number of methoxy groups -OCH3 is 3. The smallest absolute Gasteiger partial charge is 0.203 e. The van der Waals surface area contributed by atoms with Crippen molar-refractivity contribution < 1.29 is 14.2 Å². The zero-order chi connectivity index (χ0) is 17.6. The fraction of sp³-hybridized carbons (Fsp3) is 0.143. The molecule has 25 heavy (non-hydrogen) atoms. The van der Waals surface area contributed by atoms with Crippen LogP contribution in [0.5, 0.6) is 17.2 Å². The minimum absolute atomic E-state index is 0.579. The zero-order valence-corrected chi connectivity index (χ0v) is 14.6. The molecule has 0 radical (unpaired) electrons. The average molecular weight is 335 g/mol. The van der Waals surface area contributed by atoms with E-state index in [1.165, 1.54) is 0 Å². The molecule has 0 aromatic heterocycles. The van der Waals surface area contributed by atoms with E-state index in [1.807, 2.05) is 48.5 Å². The maximum absolute atomic E-state index is 5.51. The molecule has 0 fully saturated rings. The van der Waals surface area contributed by atoms with Gasteiger partial charge in [-0.05, 0) is 24.3 Å². The fourth-order valence-electron chi connectivity index (χ4n) is 2.80. The van der Waals surface area contributed by atoms with Crippen LogP contribution in [-0.2, 0) is 0 Å². The monoisotopic (exact) mass is 335 g/mol. The molecule has 3 aromatic rings. The second-order valence-corrected chi connectivity index (χ2v) is 5.39. The van der Waals surface area contributed by atoms with E-state index in [2.05, 4.69) is 29.2 Å². The van der Waals surface area contributed by atoms with Gasteiger partial charge in [-0.25, -0.2) is 0 Å². The lowest BCUT2D eigenvalue weighted by atomic mass is 10.1. The van der Waals surface area contributed by atoms with E-state index >= 15 is 0 Å². The number of benzene rings is 3. The molecule has 0 spiro atoms. The molecule has 0 bridgehead atoms. The van der Waals surface area contributed by atoms with Crippen LogP contribution in [-0.4, -0.2) is 21.3 Å². The quantitative estimate of drug-likeness (QED) is 0.621. The van der Waals surface area contributed by atoms with Gasteiger partial charge in [0.1, 0.15) is 0 Å². The Morgan fingerprint density at radius 3 is 1.36 bits per heavy atom. The van der Waals surface area contributed by atoms with Gasteiger partial charge in [0, 0.05) is 23.5 Å². The van der Waals surface area contributed by atoms with Gasteiger partial charge in [-0.2, -0.15) is 0 Å². The SMILES string of the molecule is COc1cc(N(c2ccccc2)c2ccccc2)cc(OC)c1OC. The largest absolute Gasteiger partial charge is 0.493 e. The summed E-state index contributed by atoms with van der Waals surface area (Å²) < 4.78 is 16.5. The summed E-state index contributed by atoms with van der Waals surface area (Å²) >= 11 is 0. The Kier molecular flexibility index (Phi) is 5.09. The van der Waals surface area contributed by atoms with E-state index in [4.69, 9.17) is 14.2 Å². The lowest BCUT2D eigenvalue weighted by Gasteiger charge is -2.26. The van der Waals surface area contributed by atoms with Crippen molar-refractivity contribution in [3.63, 3.8) is 0 Å². The molecule has 0 amide bonds. The van der Waals surface area contributed by atoms with E-state index in [0.717, 1.165) is 17.1 Å². The van der Waals surface area contributed by atoms with Gasteiger partial charge in [-0.1, -0.05) is 36.4 Å². The first kappa shape index (κ1) is 16.7. The van der Waals surface area contributed by atoms with Crippen LogP contribution in [0.4, 0.5) is 17.1 Å². The summed E-state index contributed by atoms with van der Waals surface area (Å²) in [5.74, 6) is 1.82. The van der Waals surface area contributed by atoms with Crippen molar-refractivity contribution in [3.05, 3.63) is 72.8 Å². The van der Waals surface area contributed by atoms with Crippen LogP contribution >= 0.6 is 0 Å². The van der Waals surface area contributed by atoms with Crippen molar-refractivity contribution >= 4 is 17.1 Å². The van der Waals surface area contributed by atoms with Gasteiger partial charge >= 0.3 is 0 Å². The number of hydrogen-bond donors (Lipinski definition) is 0. The third kappa shape index (κ3) is 3.38. The Bertz CT molecular complexity index is 755. The summed E-state index contributed by atoms with van der Waals surface area (Å²) in [6.45, 7) is 0. The minimum Gasteiger partial charge on any atom is -0.493 e. The van der Waals surface area contributed by atoms with Crippen LogP contribution in [0.3, 0.4) is 0 Å². The van der Waals surface area contributed by atoms with Crippen LogP contribution < -0.4 is 19.1 Å². The molecule has 0 saturated heterocycles. The van der Waals surface area contributed by atoms with Crippen molar-refractivity contribution in [2.45, 2.75) is 0 Å². The van der Waals surface area contributed by atoms with E-state index in [0.29, 0.717) is 17.2 Å². The van der Waals surface area contributed by atoms with Crippen LogP contribution in [0.15, 0.2) is 72.8 Å². The molecule has 0 N–H and O–H groups in total. The predicted octanol–water partition coefficient (Wildman–Crippen LogP) is 5.18. The fourth-order valence-corrected chi connectivity index (χ4v) is 2.80. The van der Waals surface area contributed by atoms with Gasteiger partial charge in [-0.3, -0.25) is 0 Å². The molecule has 3 aromatic carbocycles. The topological polar surface area (TPSA) is 30.9 Å². The first-order valence-corrected chi connectivity index (χ1v) is 7.98.